The fourth-order valence-corrected chi connectivity index (χ4v) is 3.10. The first-order valence-electron chi connectivity index (χ1n) is 9.21. The first-order chi connectivity index (χ1) is 12.5. The number of unbranched alkanes of at least 4 members (excludes halogenated alkanes) is 1. The summed E-state index contributed by atoms with van der Waals surface area (Å²) < 4.78 is 0. The van der Waals surface area contributed by atoms with Gasteiger partial charge in [0.1, 0.15) is 5.82 Å². The number of nitrogens with zero attached hydrogens (tertiary/aromatic N) is 3. The van der Waals surface area contributed by atoms with Crippen LogP contribution in [0.3, 0.4) is 0 Å². The molecule has 0 aliphatic carbocycles. The average molecular weight is 354 g/mol. The third-order valence-corrected chi connectivity index (χ3v) is 4.75. The Morgan fingerprint density at radius 1 is 1.15 bits per heavy atom. The molecule has 1 saturated heterocycles. The molecule has 1 fully saturated rings. The van der Waals surface area contributed by atoms with E-state index in [1.165, 1.54) is 0 Å². The zero-order chi connectivity index (χ0) is 18.5. The number of aromatic amines is 1. The highest BCUT2D eigenvalue weighted by atomic mass is 16.2. The van der Waals surface area contributed by atoms with Crippen LogP contribution in [0.1, 0.15) is 31.0 Å². The number of amides is 1. The molecule has 0 bridgehead atoms. The molecular weight excluding hydrogens is 328 g/mol. The molecule has 2 aromatic rings. The quantitative estimate of drug-likeness (QED) is 0.862. The van der Waals surface area contributed by atoms with E-state index in [9.17, 15) is 9.59 Å². The lowest BCUT2D eigenvalue weighted by molar-refractivity contribution is -0.134. The second-order valence-corrected chi connectivity index (χ2v) is 6.91. The van der Waals surface area contributed by atoms with Crippen molar-refractivity contribution < 1.29 is 4.79 Å². The Balaban J connectivity index is 1.70. The van der Waals surface area contributed by atoms with Crippen molar-refractivity contribution in [2.24, 2.45) is 0 Å². The molecule has 1 aliphatic heterocycles. The van der Waals surface area contributed by atoms with Crippen LogP contribution in [0.2, 0.25) is 0 Å². The lowest BCUT2D eigenvalue weighted by Crippen LogP contribution is -2.47. The maximum atomic E-state index is 11.9. The third-order valence-electron chi connectivity index (χ3n) is 4.75. The predicted octanol–water partition coefficient (Wildman–Crippen LogP) is 2.05. The summed E-state index contributed by atoms with van der Waals surface area (Å²) in [6.07, 6.45) is 2.93. The van der Waals surface area contributed by atoms with Gasteiger partial charge < -0.3 is 9.88 Å². The fourth-order valence-electron chi connectivity index (χ4n) is 3.10. The van der Waals surface area contributed by atoms with Gasteiger partial charge in [0.25, 0.3) is 5.56 Å². The number of aromatic nitrogens is 2. The molecule has 6 heteroatoms. The highest BCUT2D eigenvalue weighted by Gasteiger charge is 2.20. The van der Waals surface area contributed by atoms with Crippen LogP contribution < -0.4 is 5.56 Å². The Morgan fingerprint density at radius 2 is 1.92 bits per heavy atom. The Hall–Kier alpha value is -2.47. The number of likely N-dealkylation sites (N-methyl/N-ethyl adjacent to an activating group) is 1. The van der Waals surface area contributed by atoms with Crippen molar-refractivity contribution in [3.05, 3.63) is 51.9 Å². The maximum absolute atomic E-state index is 11.9. The SMILES string of the molecule is CCCCc1cc(=O)[nH]c(-c2ccc(CN3CCN(C)C(=O)C3)cc2)n1. The summed E-state index contributed by atoms with van der Waals surface area (Å²) in [5.41, 5.74) is 2.78. The lowest BCUT2D eigenvalue weighted by atomic mass is 10.1. The van der Waals surface area contributed by atoms with E-state index in [0.717, 1.165) is 55.7 Å². The number of hydrogen-bond acceptors (Lipinski definition) is 4. The number of nitrogens with one attached hydrogen (secondary N) is 1. The first-order valence-corrected chi connectivity index (χ1v) is 9.21. The van der Waals surface area contributed by atoms with Crippen molar-refractivity contribution in [3.8, 4) is 11.4 Å². The highest BCUT2D eigenvalue weighted by molar-refractivity contribution is 5.78. The molecule has 0 unspecified atom stereocenters. The zero-order valence-corrected chi connectivity index (χ0v) is 15.5. The van der Waals surface area contributed by atoms with E-state index in [0.29, 0.717) is 12.4 Å². The minimum atomic E-state index is -0.110. The van der Waals surface area contributed by atoms with Crippen LogP contribution in [0.15, 0.2) is 35.1 Å². The fraction of sp³-hybridized carbons (Fsp3) is 0.450. The molecule has 3 rings (SSSR count). The van der Waals surface area contributed by atoms with Gasteiger partial charge in [0.05, 0.1) is 6.54 Å². The normalized spacial score (nSPS) is 15.5. The highest BCUT2D eigenvalue weighted by Crippen LogP contribution is 2.17. The summed E-state index contributed by atoms with van der Waals surface area (Å²) in [5, 5.41) is 0. The topological polar surface area (TPSA) is 69.3 Å². The van der Waals surface area contributed by atoms with Crippen molar-refractivity contribution in [1.82, 2.24) is 19.8 Å². The van der Waals surface area contributed by atoms with E-state index in [2.05, 4.69) is 21.8 Å². The maximum Gasteiger partial charge on any atom is 0.251 e. The van der Waals surface area contributed by atoms with Crippen molar-refractivity contribution in [1.29, 1.82) is 0 Å². The second-order valence-electron chi connectivity index (χ2n) is 6.91. The molecule has 26 heavy (non-hydrogen) atoms. The minimum Gasteiger partial charge on any atom is -0.343 e. The standard InChI is InChI=1S/C20H26N4O2/c1-3-4-5-17-12-18(25)22-20(21-17)16-8-6-15(7-9-16)13-24-11-10-23(2)19(26)14-24/h6-9,12H,3-5,10-11,13-14H2,1-2H3,(H,21,22,25). The van der Waals surface area contributed by atoms with Crippen molar-refractivity contribution in [2.75, 3.05) is 26.7 Å². The van der Waals surface area contributed by atoms with Gasteiger partial charge in [0, 0.05) is 44.0 Å². The summed E-state index contributed by atoms with van der Waals surface area (Å²) in [6, 6.07) is 9.62. The summed E-state index contributed by atoms with van der Waals surface area (Å²) in [7, 11) is 1.84. The second kappa shape index (κ2) is 8.27. The Bertz CT molecular complexity index is 813. The van der Waals surface area contributed by atoms with E-state index < -0.39 is 0 Å². The molecule has 138 valence electrons. The lowest BCUT2D eigenvalue weighted by Gasteiger charge is -2.31. The van der Waals surface area contributed by atoms with Gasteiger partial charge in [-0.25, -0.2) is 4.98 Å². The minimum absolute atomic E-state index is 0.110. The van der Waals surface area contributed by atoms with Crippen LogP contribution in [0.25, 0.3) is 11.4 Å². The van der Waals surface area contributed by atoms with Crippen molar-refractivity contribution in [3.63, 3.8) is 0 Å². The van der Waals surface area contributed by atoms with Crippen LogP contribution >= 0.6 is 0 Å². The number of H-pyrrole nitrogens is 1. The van der Waals surface area contributed by atoms with Crippen LogP contribution in [-0.2, 0) is 17.8 Å². The molecule has 0 saturated carbocycles. The van der Waals surface area contributed by atoms with Crippen LogP contribution in [0.4, 0.5) is 0 Å². The summed E-state index contributed by atoms with van der Waals surface area (Å²) in [6.45, 7) is 5.00. The number of piperazine rings is 1. The molecule has 1 aromatic heterocycles. The van der Waals surface area contributed by atoms with Crippen molar-refractivity contribution in [2.45, 2.75) is 32.7 Å². The number of aryl methyl sites for hydroxylation is 1. The molecule has 1 N–H and O–H groups in total. The monoisotopic (exact) mass is 354 g/mol. The Morgan fingerprint density at radius 3 is 2.62 bits per heavy atom. The Labute approximate surface area is 153 Å². The van der Waals surface area contributed by atoms with E-state index in [4.69, 9.17) is 0 Å². The van der Waals surface area contributed by atoms with E-state index in [-0.39, 0.29) is 11.5 Å². The molecule has 0 spiro atoms. The first kappa shape index (κ1) is 18.3. The van der Waals surface area contributed by atoms with Gasteiger partial charge in [-0.3, -0.25) is 14.5 Å². The Kier molecular flexibility index (Phi) is 5.83. The van der Waals surface area contributed by atoms with Gasteiger partial charge in [0.2, 0.25) is 5.91 Å². The number of carbonyl (C=O) groups is 1. The van der Waals surface area contributed by atoms with E-state index >= 15 is 0 Å². The van der Waals surface area contributed by atoms with Gasteiger partial charge in [-0.1, -0.05) is 37.6 Å². The zero-order valence-electron chi connectivity index (χ0n) is 15.5. The van der Waals surface area contributed by atoms with Gasteiger partial charge in [0.15, 0.2) is 0 Å². The molecular formula is C20H26N4O2. The molecule has 1 aromatic carbocycles. The smallest absolute Gasteiger partial charge is 0.251 e. The molecule has 2 heterocycles. The average Bonchev–Trinajstić information content (AvgIpc) is 2.63. The summed E-state index contributed by atoms with van der Waals surface area (Å²) in [4.78, 5) is 35.1. The van der Waals surface area contributed by atoms with Crippen LogP contribution in [-0.4, -0.2) is 52.4 Å². The van der Waals surface area contributed by atoms with Gasteiger partial charge in [-0.15, -0.1) is 0 Å². The van der Waals surface area contributed by atoms with Gasteiger partial charge in [-0.2, -0.15) is 0 Å². The summed E-state index contributed by atoms with van der Waals surface area (Å²) in [5.74, 6) is 0.781. The number of benzene rings is 1. The number of rotatable bonds is 6. The van der Waals surface area contributed by atoms with Gasteiger partial charge in [-0.05, 0) is 18.4 Å². The van der Waals surface area contributed by atoms with Crippen molar-refractivity contribution >= 4 is 5.91 Å². The largest absolute Gasteiger partial charge is 0.343 e. The number of carbonyl (C=O) groups excluding carboxylic acids is 1. The van der Waals surface area contributed by atoms with E-state index in [1.54, 1.807) is 11.0 Å². The molecule has 6 nitrogen and oxygen atoms in total. The number of hydrogen-bond donors (Lipinski definition) is 1. The van der Waals surface area contributed by atoms with E-state index in [1.807, 2.05) is 31.3 Å². The molecule has 1 aliphatic rings. The molecule has 0 atom stereocenters. The van der Waals surface area contributed by atoms with Crippen LogP contribution in [0, 0.1) is 0 Å². The van der Waals surface area contributed by atoms with Gasteiger partial charge >= 0.3 is 0 Å². The predicted molar refractivity (Wildman–Crippen MR) is 102 cm³/mol. The molecule has 0 radical (unpaired) electrons. The summed E-state index contributed by atoms with van der Waals surface area (Å²) >= 11 is 0. The molecule has 1 amide bonds. The van der Waals surface area contributed by atoms with Crippen LogP contribution in [0.5, 0.6) is 0 Å². The third kappa shape index (κ3) is 4.58.